The number of halogens is 2. The highest BCUT2D eigenvalue weighted by Gasteiger charge is 2.32. The first kappa shape index (κ1) is 26.0. The monoisotopic (exact) mass is 526 g/mol. The lowest BCUT2D eigenvalue weighted by atomic mass is 10.0. The van der Waals surface area contributed by atoms with Gasteiger partial charge < -0.3 is 19.7 Å². The van der Waals surface area contributed by atoms with Gasteiger partial charge >= 0.3 is 0 Å². The van der Waals surface area contributed by atoms with Crippen molar-refractivity contribution in [3.05, 3.63) is 100 Å². The maximum absolute atomic E-state index is 13.6. The number of ether oxygens (including phenoxy) is 2. The van der Waals surface area contributed by atoms with Gasteiger partial charge in [0.05, 0.1) is 11.1 Å². The Balaban J connectivity index is 1.61. The highest BCUT2D eigenvalue weighted by molar-refractivity contribution is 6.32. The zero-order valence-corrected chi connectivity index (χ0v) is 21.3. The van der Waals surface area contributed by atoms with E-state index < -0.39 is 6.04 Å². The summed E-state index contributed by atoms with van der Waals surface area (Å²) in [5, 5.41) is 3.99. The SMILES string of the molecule is O=C(NC[C@H]1CCCO1)[C@@H](c1ccccc1)N(Cc1ccc(Cl)cc1)C(=O)COc1ccccc1Cl. The largest absolute Gasteiger partial charge is 0.482 e. The molecule has 36 heavy (non-hydrogen) atoms. The van der Waals surface area contributed by atoms with Gasteiger partial charge in [-0.05, 0) is 48.2 Å². The molecular formula is C28H28Cl2N2O4. The van der Waals surface area contributed by atoms with Crippen LogP contribution in [0.5, 0.6) is 5.75 Å². The molecule has 2 atom stereocenters. The number of hydrogen-bond donors (Lipinski definition) is 1. The number of amides is 2. The molecule has 0 bridgehead atoms. The molecule has 0 saturated carbocycles. The van der Waals surface area contributed by atoms with Crippen molar-refractivity contribution in [2.24, 2.45) is 0 Å². The van der Waals surface area contributed by atoms with Crippen LogP contribution in [0.1, 0.15) is 30.0 Å². The number of benzene rings is 3. The molecule has 0 spiro atoms. The molecule has 0 radical (unpaired) electrons. The molecule has 1 saturated heterocycles. The van der Waals surface area contributed by atoms with Crippen molar-refractivity contribution in [3.8, 4) is 5.75 Å². The molecule has 3 aromatic carbocycles. The van der Waals surface area contributed by atoms with Gasteiger partial charge in [-0.1, -0.05) is 77.8 Å². The Kier molecular flexibility index (Phi) is 9.23. The minimum Gasteiger partial charge on any atom is -0.482 e. The third-order valence-corrected chi connectivity index (χ3v) is 6.54. The van der Waals surface area contributed by atoms with E-state index in [4.69, 9.17) is 32.7 Å². The van der Waals surface area contributed by atoms with E-state index in [1.54, 1.807) is 36.4 Å². The number of nitrogens with one attached hydrogen (secondary N) is 1. The summed E-state index contributed by atoms with van der Waals surface area (Å²) in [4.78, 5) is 28.7. The Morgan fingerprint density at radius 2 is 1.72 bits per heavy atom. The second-order valence-electron chi connectivity index (χ2n) is 8.56. The van der Waals surface area contributed by atoms with Gasteiger partial charge in [-0.25, -0.2) is 0 Å². The fraction of sp³-hybridized carbons (Fsp3) is 0.286. The molecule has 3 aromatic rings. The first-order chi connectivity index (χ1) is 17.5. The Bertz CT molecular complexity index is 1150. The summed E-state index contributed by atoms with van der Waals surface area (Å²) in [6.45, 7) is 0.999. The average molecular weight is 527 g/mol. The van der Waals surface area contributed by atoms with Crippen molar-refractivity contribution < 1.29 is 19.1 Å². The highest BCUT2D eigenvalue weighted by Crippen LogP contribution is 2.27. The normalized spacial score (nSPS) is 15.8. The van der Waals surface area contributed by atoms with Gasteiger partial charge in [0.1, 0.15) is 11.8 Å². The van der Waals surface area contributed by atoms with Crippen LogP contribution in [0.25, 0.3) is 0 Å². The van der Waals surface area contributed by atoms with Crippen molar-refractivity contribution in [3.63, 3.8) is 0 Å². The van der Waals surface area contributed by atoms with Gasteiger partial charge in [-0.15, -0.1) is 0 Å². The average Bonchev–Trinajstić information content (AvgIpc) is 3.42. The molecule has 1 heterocycles. The maximum Gasteiger partial charge on any atom is 0.261 e. The lowest BCUT2D eigenvalue weighted by Crippen LogP contribution is -2.46. The van der Waals surface area contributed by atoms with Crippen LogP contribution in [0.3, 0.4) is 0 Å². The molecular weight excluding hydrogens is 499 g/mol. The van der Waals surface area contributed by atoms with Gasteiger partial charge in [0.15, 0.2) is 6.61 Å². The number of carbonyl (C=O) groups excluding carboxylic acids is 2. The Morgan fingerprint density at radius 3 is 2.42 bits per heavy atom. The molecule has 1 N–H and O–H groups in total. The van der Waals surface area contributed by atoms with Gasteiger partial charge in [-0.2, -0.15) is 0 Å². The fourth-order valence-corrected chi connectivity index (χ4v) is 4.44. The maximum atomic E-state index is 13.6. The van der Waals surface area contributed by atoms with Crippen LogP contribution in [-0.2, 0) is 20.9 Å². The van der Waals surface area contributed by atoms with E-state index in [1.807, 2.05) is 42.5 Å². The van der Waals surface area contributed by atoms with Crippen LogP contribution < -0.4 is 10.1 Å². The highest BCUT2D eigenvalue weighted by atomic mass is 35.5. The molecule has 0 aromatic heterocycles. The van der Waals surface area contributed by atoms with Crippen LogP contribution in [0, 0.1) is 0 Å². The Morgan fingerprint density at radius 1 is 1.00 bits per heavy atom. The summed E-state index contributed by atoms with van der Waals surface area (Å²) in [5.74, 6) is -0.235. The predicted octanol–water partition coefficient (Wildman–Crippen LogP) is 5.44. The molecule has 4 rings (SSSR count). The molecule has 188 valence electrons. The first-order valence-electron chi connectivity index (χ1n) is 11.9. The van der Waals surface area contributed by atoms with E-state index in [2.05, 4.69) is 5.32 Å². The van der Waals surface area contributed by atoms with E-state index in [0.29, 0.717) is 34.5 Å². The number of carbonyl (C=O) groups is 2. The lowest BCUT2D eigenvalue weighted by Gasteiger charge is -2.32. The smallest absolute Gasteiger partial charge is 0.261 e. The number of rotatable bonds is 10. The van der Waals surface area contributed by atoms with E-state index in [1.165, 1.54) is 4.90 Å². The standard InChI is InChI=1S/C28H28Cl2N2O4/c29-22-14-12-20(13-15-22)18-32(26(33)19-36-25-11-5-4-10-24(25)30)27(21-7-2-1-3-8-21)28(34)31-17-23-9-6-16-35-23/h1-5,7-8,10-15,23,27H,6,9,16-19H2,(H,31,34)/t23-,27-/m1/s1. The predicted molar refractivity (Wildman–Crippen MR) is 140 cm³/mol. The van der Waals surface area contributed by atoms with Gasteiger partial charge in [0.25, 0.3) is 5.91 Å². The van der Waals surface area contributed by atoms with Crippen LogP contribution in [0.4, 0.5) is 0 Å². The summed E-state index contributed by atoms with van der Waals surface area (Å²) < 4.78 is 11.4. The van der Waals surface area contributed by atoms with Gasteiger partial charge in [-0.3, -0.25) is 9.59 Å². The third kappa shape index (κ3) is 7.00. The van der Waals surface area contributed by atoms with Crippen LogP contribution >= 0.6 is 23.2 Å². The number of nitrogens with zero attached hydrogens (tertiary/aromatic N) is 1. The molecule has 2 amide bonds. The quantitative estimate of drug-likeness (QED) is 0.382. The molecule has 8 heteroatoms. The van der Waals surface area contributed by atoms with E-state index >= 15 is 0 Å². The van der Waals surface area contributed by atoms with Gasteiger partial charge in [0, 0.05) is 24.7 Å². The summed E-state index contributed by atoms with van der Waals surface area (Å²) >= 11 is 12.3. The second-order valence-corrected chi connectivity index (χ2v) is 9.40. The molecule has 1 fully saturated rings. The summed E-state index contributed by atoms with van der Waals surface area (Å²) in [6.07, 6.45) is 1.85. The van der Waals surface area contributed by atoms with Crippen LogP contribution in [-0.4, -0.2) is 42.6 Å². The summed E-state index contributed by atoms with van der Waals surface area (Å²) in [6, 6.07) is 22.5. The fourth-order valence-electron chi connectivity index (χ4n) is 4.12. The summed E-state index contributed by atoms with van der Waals surface area (Å²) in [7, 11) is 0. The van der Waals surface area contributed by atoms with Crippen LogP contribution in [0.15, 0.2) is 78.9 Å². The Hall–Kier alpha value is -3.06. The topological polar surface area (TPSA) is 67.9 Å². The number of hydrogen-bond acceptors (Lipinski definition) is 4. The second kappa shape index (κ2) is 12.8. The zero-order valence-electron chi connectivity index (χ0n) is 19.7. The molecule has 0 aliphatic carbocycles. The van der Waals surface area contributed by atoms with Crippen molar-refractivity contribution in [2.45, 2.75) is 31.5 Å². The Labute approximate surface area is 221 Å². The van der Waals surface area contributed by atoms with Crippen molar-refractivity contribution in [2.75, 3.05) is 19.8 Å². The lowest BCUT2D eigenvalue weighted by molar-refractivity contribution is -0.143. The van der Waals surface area contributed by atoms with Gasteiger partial charge in [0.2, 0.25) is 5.91 Å². The van der Waals surface area contributed by atoms with E-state index in [0.717, 1.165) is 18.4 Å². The molecule has 1 aliphatic rings. The van der Waals surface area contributed by atoms with Crippen molar-refractivity contribution in [1.29, 1.82) is 0 Å². The first-order valence-corrected chi connectivity index (χ1v) is 12.6. The van der Waals surface area contributed by atoms with E-state index in [-0.39, 0.29) is 31.1 Å². The molecule has 6 nitrogen and oxygen atoms in total. The van der Waals surface area contributed by atoms with Crippen molar-refractivity contribution >= 4 is 35.0 Å². The minimum atomic E-state index is -0.870. The number of para-hydroxylation sites is 1. The zero-order chi connectivity index (χ0) is 25.3. The minimum absolute atomic E-state index is 0.0191. The summed E-state index contributed by atoms with van der Waals surface area (Å²) in [5.41, 5.74) is 1.53. The van der Waals surface area contributed by atoms with E-state index in [9.17, 15) is 9.59 Å². The van der Waals surface area contributed by atoms with Crippen molar-refractivity contribution in [1.82, 2.24) is 10.2 Å². The molecule has 0 unspecified atom stereocenters. The molecule has 1 aliphatic heterocycles. The third-order valence-electron chi connectivity index (χ3n) is 5.98. The van der Waals surface area contributed by atoms with Crippen LogP contribution in [0.2, 0.25) is 10.0 Å².